The first-order valence-electron chi connectivity index (χ1n) is 8.25. The molecule has 0 saturated carbocycles. The normalized spacial score (nSPS) is 10.5. The Morgan fingerprint density at radius 1 is 0.583 bits per heavy atom. The van der Waals surface area contributed by atoms with Gasteiger partial charge in [-0.2, -0.15) is 0 Å². The van der Waals surface area contributed by atoms with E-state index >= 15 is 0 Å². The van der Waals surface area contributed by atoms with Crippen LogP contribution in [0.2, 0.25) is 0 Å². The Morgan fingerprint density at radius 3 is 1.33 bits per heavy atom. The summed E-state index contributed by atoms with van der Waals surface area (Å²) in [5, 5.41) is 0. The molecule has 2 rings (SSSR count). The van der Waals surface area contributed by atoms with E-state index in [-0.39, 0.29) is 29.9 Å². The van der Waals surface area contributed by atoms with Crippen LogP contribution in [0, 0.1) is 0 Å². The zero-order chi connectivity index (χ0) is 17.0. The van der Waals surface area contributed by atoms with Crippen LogP contribution in [-0.4, -0.2) is 39.3 Å². The van der Waals surface area contributed by atoms with Crippen molar-refractivity contribution in [1.82, 2.24) is 0 Å². The summed E-state index contributed by atoms with van der Waals surface area (Å²) in [6, 6.07) is 20.0. The Morgan fingerprint density at radius 2 is 0.958 bits per heavy atom. The summed E-state index contributed by atoms with van der Waals surface area (Å²) in [4.78, 5) is 23.9. The van der Waals surface area contributed by atoms with E-state index < -0.39 is 0 Å². The van der Waals surface area contributed by atoms with Crippen molar-refractivity contribution in [2.24, 2.45) is 0 Å². The first-order valence-corrected chi connectivity index (χ1v) is 11.7. The number of hydrogen-bond acceptors (Lipinski definition) is 2. The van der Waals surface area contributed by atoms with Crippen LogP contribution in [0.5, 0.6) is 0 Å². The predicted octanol–water partition coefficient (Wildman–Crippen LogP) is 2.44. The summed E-state index contributed by atoms with van der Waals surface area (Å²) >= 11 is -0.0924. The van der Waals surface area contributed by atoms with Crippen LogP contribution in [0.15, 0.2) is 60.7 Å². The van der Waals surface area contributed by atoms with Crippen molar-refractivity contribution in [2.45, 2.75) is 38.5 Å². The molecule has 0 amide bonds. The SMILES string of the molecule is O=C(CCCCCCC(=O)[Se]c1ccccc1)[Se]c1ccccc1. The van der Waals surface area contributed by atoms with Crippen molar-refractivity contribution >= 4 is 48.2 Å². The zero-order valence-corrected chi connectivity index (χ0v) is 17.1. The van der Waals surface area contributed by atoms with Crippen molar-refractivity contribution in [3.8, 4) is 0 Å². The second kappa shape index (κ2) is 11.4. The summed E-state index contributed by atoms with van der Waals surface area (Å²) in [5.74, 6) is 0. The van der Waals surface area contributed by atoms with Gasteiger partial charge in [0.15, 0.2) is 0 Å². The molecule has 0 fully saturated rings. The molecule has 2 nitrogen and oxygen atoms in total. The van der Waals surface area contributed by atoms with Gasteiger partial charge in [-0.05, 0) is 0 Å². The van der Waals surface area contributed by atoms with Crippen LogP contribution in [0.1, 0.15) is 38.5 Å². The second-order valence-electron chi connectivity index (χ2n) is 5.49. The summed E-state index contributed by atoms with van der Waals surface area (Å²) in [7, 11) is 0. The van der Waals surface area contributed by atoms with Gasteiger partial charge >= 0.3 is 157 Å². The molecule has 4 heteroatoms. The number of unbranched alkanes of at least 4 members (excludes halogenated alkanes) is 3. The Bertz CT molecular complexity index is 569. The Kier molecular flexibility index (Phi) is 9.08. The third-order valence-corrected chi connectivity index (χ3v) is 7.40. The molecule has 0 spiro atoms. The topological polar surface area (TPSA) is 34.1 Å². The molecular weight excluding hydrogens is 430 g/mol. The molecule has 0 heterocycles. The Hall–Kier alpha value is -1.18. The molecule has 0 bridgehead atoms. The summed E-state index contributed by atoms with van der Waals surface area (Å²) in [6.07, 6.45) is 5.34. The van der Waals surface area contributed by atoms with Gasteiger partial charge in [-0.3, -0.25) is 0 Å². The molecule has 24 heavy (non-hydrogen) atoms. The summed E-state index contributed by atoms with van der Waals surface area (Å²) in [6.45, 7) is 0. The van der Waals surface area contributed by atoms with Crippen molar-refractivity contribution in [1.29, 1.82) is 0 Å². The molecule has 0 unspecified atom stereocenters. The van der Waals surface area contributed by atoms with E-state index in [0.29, 0.717) is 22.2 Å². The number of hydrogen-bond donors (Lipinski definition) is 0. The fraction of sp³-hybridized carbons (Fsp3) is 0.300. The van der Waals surface area contributed by atoms with Gasteiger partial charge in [0.25, 0.3) is 0 Å². The molecule has 0 N–H and O–H groups in total. The van der Waals surface area contributed by atoms with Gasteiger partial charge in [-0.25, -0.2) is 0 Å². The van der Waals surface area contributed by atoms with Crippen LogP contribution in [0.3, 0.4) is 0 Å². The minimum atomic E-state index is -0.0462. The molecular formula is C20H22O2Se2. The van der Waals surface area contributed by atoms with Gasteiger partial charge in [0.2, 0.25) is 0 Å². The van der Waals surface area contributed by atoms with Crippen LogP contribution >= 0.6 is 0 Å². The third kappa shape index (κ3) is 8.08. The maximum atomic E-state index is 11.9. The van der Waals surface area contributed by atoms with E-state index in [1.54, 1.807) is 0 Å². The number of benzene rings is 2. The first-order chi connectivity index (χ1) is 11.7. The first kappa shape index (κ1) is 19.1. The van der Waals surface area contributed by atoms with Crippen molar-refractivity contribution in [3.63, 3.8) is 0 Å². The summed E-state index contributed by atoms with van der Waals surface area (Å²) in [5.41, 5.74) is 0. The quantitative estimate of drug-likeness (QED) is 0.388. The molecule has 0 aromatic heterocycles. The van der Waals surface area contributed by atoms with Crippen molar-refractivity contribution < 1.29 is 9.59 Å². The molecule has 126 valence electrons. The standard InChI is InChI=1S/C20H22O2Se2/c21-19(23-17-11-5-3-6-12-17)15-9-1-2-10-16-20(22)24-18-13-7-4-8-14-18/h3-8,11-14H,1-2,9-10,15-16H2. The van der Waals surface area contributed by atoms with E-state index in [9.17, 15) is 9.59 Å². The number of carbonyl (C=O) groups is 2. The molecule has 0 radical (unpaired) electrons. The van der Waals surface area contributed by atoms with Crippen molar-refractivity contribution in [3.05, 3.63) is 60.7 Å². The van der Waals surface area contributed by atoms with Gasteiger partial charge < -0.3 is 0 Å². The molecule has 0 atom stereocenters. The van der Waals surface area contributed by atoms with E-state index in [0.717, 1.165) is 34.6 Å². The molecule has 0 saturated heterocycles. The van der Waals surface area contributed by atoms with Gasteiger partial charge in [0, 0.05) is 0 Å². The molecule has 2 aromatic rings. The van der Waals surface area contributed by atoms with Crippen LogP contribution in [-0.2, 0) is 9.59 Å². The van der Waals surface area contributed by atoms with E-state index in [2.05, 4.69) is 0 Å². The van der Waals surface area contributed by atoms with Gasteiger partial charge in [-0.1, -0.05) is 0 Å². The summed E-state index contributed by atoms with van der Waals surface area (Å²) < 4.78 is 3.06. The van der Waals surface area contributed by atoms with E-state index in [1.165, 1.54) is 0 Å². The van der Waals surface area contributed by atoms with E-state index in [4.69, 9.17) is 0 Å². The average molecular weight is 452 g/mol. The molecule has 0 aliphatic heterocycles. The van der Waals surface area contributed by atoms with Gasteiger partial charge in [0.05, 0.1) is 0 Å². The van der Waals surface area contributed by atoms with Crippen LogP contribution in [0.25, 0.3) is 0 Å². The Balaban J connectivity index is 1.50. The fourth-order valence-electron chi connectivity index (χ4n) is 2.23. The average Bonchev–Trinajstić information content (AvgIpc) is 2.60. The van der Waals surface area contributed by atoms with Gasteiger partial charge in [-0.15, -0.1) is 0 Å². The number of carbonyl (C=O) groups excluding carboxylic acids is 2. The van der Waals surface area contributed by atoms with Crippen molar-refractivity contribution in [2.75, 3.05) is 0 Å². The second-order valence-corrected chi connectivity index (χ2v) is 10.2. The number of rotatable bonds is 11. The maximum absolute atomic E-state index is 11.9. The molecule has 2 aromatic carbocycles. The predicted molar refractivity (Wildman–Crippen MR) is 101 cm³/mol. The van der Waals surface area contributed by atoms with E-state index in [1.807, 2.05) is 60.7 Å². The zero-order valence-electron chi connectivity index (χ0n) is 13.6. The fourth-order valence-corrected chi connectivity index (χ4v) is 5.60. The van der Waals surface area contributed by atoms with Gasteiger partial charge in [0.1, 0.15) is 0 Å². The third-order valence-electron chi connectivity index (χ3n) is 3.46. The minimum absolute atomic E-state index is 0.0462. The van der Waals surface area contributed by atoms with Crippen LogP contribution < -0.4 is 8.92 Å². The molecule has 0 aliphatic rings. The van der Waals surface area contributed by atoms with Crippen LogP contribution in [0.4, 0.5) is 0 Å². The monoisotopic (exact) mass is 454 g/mol. The Labute approximate surface area is 156 Å². The molecule has 0 aliphatic carbocycles.